The van der Waals surface area contributed by atoms with Crippen molar-refractivity contribution < 1.29 is 18.3 Å². The molecule has 0 saturated heterocycles. The van der Waals surface area contributed by atoms with Gasteiger partial charge in [-0.05, 0) is 25.3 Å². The second-order valence-corrected chi connectivity index (χ2v) is 3.07. The first-order valence-corrected chi connectivity index (χ1v) is 3.95. The lowest BCUT2D eigenvalue weighted by Gasteiger charge is -2.17. The number of alkyl halides is 3. The van der Waals surface area contributed by atoms with Crippen molar-refractivity contribution in [3.63, 3.8) is 0 Å². The summed E-state index contributed by atoms with van der Waals surface area (Å²) >= 11 is 0. The van der Waals surface area contributed by atoms with Crippen molar-refractivity contribution in [1.82, 2.24) is 0 Å². The molecule has 0 aromatic carbocycles. The summed E-state index contributed by atoms with van der Waals surface area (Å²) in [5.74, 6) is -1.47. The summed E-state index contributed by atoms with van der Waals surface area (Å²) in [5.41, 5.74) is 0. The van der Waals surface area contributed by atoms with E-state index in [1.807, 2.05) is 0 Å². The summed E-state index contributed by atoms with van der Waals surface area (Å²) in [6, 6.07) is 0. The third-order valence-corrected chi connectivity index (χ3v) is 2.06. The topological polar surface area (TPSA) is 20.2 Å². The van der Waals surface area contributed by atoms with E-state index >= 15 is 0 Å². The number of halogens is 3. The maximum atomic E-state index is 12.2. The van der Waals surface area contributed by atoms with Gasteiger partial charge in [0.25, 0.3) is 0 Å². The van der Waals surface area contributed by atoms with Crippen LogP contribution in [0.15, 0.2) is 11.8 Å². The Balaban J connectivity index is 2.61. The Bertz CT molecular complexity index is 183. The first-order valence-electron chi connectivity index (χ1n) is 3.95. The third-order valence-electron chi connectivity index (χ3n) is 2.06. The van der Waals surface area contributed by atoms with E-state index in [0.29, 0.717) is 12.8 Å². The fraction of sp³-hybridized carbons (Fsp3) is 0.750. The van der Waals surface area contributed by atoms with Crippen LogP contribution in [-0.4, -0.2) is 11.3 Å². The minimum absolute atomic E-state index is 0.116. The highest BCUT2D eigenvalue weighted by Crippen LogP contribution is 2.36. The molecule has 0 unspecified atom stereocenters. The van der Waals surface area contributed by atoms with Crippen LogP contribution in [0.5, 0.6) is 0 Å². The Kier molecular flexibility index (Phi) is 2.65. The van der Waals surface area contributed by atoms with Crippen LogP contribution >= 0.6 is 0 Å². The van der Waals surface area contributed by atoms with Gasteiger partial charge in [-0.15, -0.1) is 0 Å². The summed E-state index contributed by atoms with van der Waals surface area (Å²) in [7, 11) is 0. The molecule has 0 saturated carbocycles. The largest absolute Gasteiger partial charge is 0.513 e. The maximum Gasteiger partial charge on any atom is 0.392 e. The minimum atomic E-state index is -4.16. The van der Waals surface area contributed by atoms with E-state index in [2.05, 4.69) is 0 Å². The van der Waals surface area contributed by atoms with Gasteiger partial charge in [-0.1, -0.05) is 0 Å². The van der Waals surface area contributed by atoms with E-state index in [0.717, 1.165) is 0 Å². The Labute approximate surface area is 68.9 Å². The molecule has 1 N–H and O–H groups in total. The standard InChI is InChI=1S/C8H11F3O/c9-8(10,11)6-3-1-2-4-7(12)5-6/h4,6,12H,1-3,5H2/t6-/m1/s1. The van der Waals surface area contributed by atoms with Crippen molar-refractivity contribution >= 4 is 0 Å². The smallest absolute Gasteiger partial charge is 0.392 e. The van der Waals surface area contributed by atoms with Crippen molar-refractivity contribution in [3.05, 3.63) is 11.8 Å². The van der Waals surface area contributed by atoms with Crippen LogP contribution in [0.25, 0.3) is 0 Å². The van der Waals surface area contributed by atoms with Gasteiger partial charge >= 0.3 is 6.18 Å². The Morgan fingerprint density at radius 2 is 2.08 bits per heavy atom. The van der Waals surface area contributed by atoms with Crippen molar-refractivity contribution in [2.24, 2.45) is 5.92 Å². The molecule has 0 aromatic rings. The molecule has 70 valence electrons. The first-order chi connectivity index (χ1) is 5.50. The highest BCUT2D eigenvalue weighted by atomic mass is 19.4. The van der Waals surface area contributed by atoms with Crippen LogP contribution in [0.1, 0.15) is 25.7 Å². The maximum absolute atomic E-state index is 12.2. The average molecular weight is 180 g/mol. The Morgan fingerprint density at radius 1 is 1.42 bits per heavy atom. The molecule has 0 radical (unpaired) electrons. The number of hydrogen-bond donors (Lipinski definition) is 1. The molecular weight excluding hydrogens is 169 g/mol. The van der Waals surface area contributed by atoms with Gasteiger partial charge in [-0.2, -0.15) is 13.2 Å². The zero-order valence-corrected chi connectivity index (χ0v) is 6.56. The van der Waals surface area contributed by atoms with Crippen LogP contribution < -0.4 is 0 Å². The average Bonchev–Trinajstić information content (AvgIpc) is 2.11. The van der Waals surface area contributed by atoms with Crippen LogP contribution in [0.2, 0.25) is 0 Å². The lowest BCUT2D eigenvalue weighted by atomic mass is 10.00. The molecule has 0 heterocycles. The summed E-state index contributed by atoms with van der Waals surface area (Å²) in [4.78, 5) is 0. The van der Waals surface area contributed by atoms with Gasteiger partial charge in [-0.25, -0.2) is 0 Å². The predicted octanol–water partition coefficient (Wildman–Crippen LogP) is 3.18. The SMILES string of the molecule is OC1=CCCC[C@@H](C(F)(F)F)C1. The first kappa shape index (κ1) is 9.42. The van der Waals surface area contributed by atoms with Crippen LogP contribution in [0, 0.1) is 5.92 Å². The van der Waals surface area contributed by atoms with Crippen LogP contribution in [0.4, 0.5) is 13.2 Å². The predicted molar refractivity (Wildman–Crippen MR) is 38.7 cm³/mol. The van der Waals surface area contributed by atoms with E-state index in [9.17, 15) is 13.2 Å². The molecule has 1 nitrogen and oxygen atoms in total. The van der Waals surface area contributed by atoms with E-state index in [4.69, 9.17) is 5.11 Å². The molecule has 0 bridgehead atoms. The van der Waals surface area contributed by atoms with Crippen molar-refractivity contribution in [2.75, 3.05) is 0 Å². The zero-order chi connectivity index (χ0) is 9.19. The number of aliphatic hydroxyl groups is 1. The lowest BCUT2D eigenvalue weighted by molar-refractivity contribution is -0.177. The molecular formula is C8H11F3O. The van der Waals surface area contributed by atoms with E-state index in [1.165, 1.54) is 6.08 Å². The summed E-state index contributed by atoms with van der Waals surface area (Å²) < 4.78 is 36.5. The monoisotopic (exact) mass is 180 g/mol. The molecule has 1 aliphatic rings. The van der Waals surface area contributed by atoms with Gasteiger partial charge in [-0.3, -0.25) is 0 Å². The van der Waals surface area contributed by atoms with E-state index in [-0.39, 0.29) is 18.6 Å². The molecule has 0 aliphatic heterocycles. The fourth-order valence-corrected chi connectivity index (χ4v) is 1.35. The Morgan fingerprint density at radius 3 is 2.67 bits per heavy atom. The summed E-state index contributed by atoms with van der Waals surface area (Å²) in [5, 5.41) is 8.98. The zero-order valence-electron chi connectivity index (χ0n) is 6.56. The van der Waals surface area contributed by atoms with Gasteiger partial charge in [0.05, 0.1) is 11.7 Å². The minimum Gasteiger partial charge on any atom is -0.513 e. The molecule has 0 fully saturated rings. The molecule has 4 heteroatoms. The van der Waals surface area contributed by atoms with Gasteiger partial charge < -0.3 is 5.11 Å². The highest BCUT2D eigenvalue weighted by Gasteiger charge is 2.39. The van der Waals surface area contributed by atoms with Crippen molar-refractivity contribution in [2.45, 2.75) is 31.9 Å². The second kappa shape index (κ2) is 3.37. The lowest BCUT2D eigenvalue weighted by Crippen LogP contribution is -2.22. The number of hydrogen-bond acceptors (Lipinski definition) is 1. The molecule has 0 aromatic heterocycles. The second-order valence-electron chi connectivity index (χ2n) is 3.07. The van der Waals surface area contributed by atoms with Gasteiger partial charge in [0.1, 0.15) is 0 Å². The number of aliphatic hydroxyl groups excluding tert-OH is 1. The van der Waals surface area contributed by atoms with Gasteiger partial charge in [0.15, 0.2) is 0 Å². The molecule has 0 spiro atoms. The molecule has 1 atom stereocenters. The van der Waals surface area contributed by atoms with Gasteiger partial charge in [0.2, 0.25) is 0 Å². The Hall–Kier alpha value is -0.670. The normalized spacial score (nSPS) is 26.2. The number of rotatable bonds is 0. The van der Waals surface area contributed by atoms with Crippen LogP contribution in [-0.2, 0) is 0 Å². The quantitative estimate of drug-likeness (QED) is 0.607. The summed E-state index contributed by atoms with van der Waals surface area (Å²) in [6.07, 6.45) is -1.74. The van der Waals surface area contributed by atoms with E-state index < -0.39 is 12.1 Å². The highest BCUT2D eigenvalue weighted by molar-refractivity contribution is 4.96. The van der Waals surface area contributed by atoms with Crippen molar-refractivity contribution in [3.8, 4) is 0 Å². The van der Waals surface area contributed by atoms with Crippen LogP contribution in [0.3, 0.4) is 0 Å². The fourth-order valence-electron chi connectivity index (χ4n) is 1.35. The third kappa shape index (κ3) is 2.43. The molecule has 0 amide bonds. The molecule has 1 aliphatic carbocycles. The summed E-state index contributed by atoms with van der Waals surface area (Å²) in [6.45, 7) is 0. The molecule has 1 rings (SSSR count). The van der Waals surface area contributed by atoms with Crippen molar-refractivity contribution in [1.29, 1.82) is 0 Å². The number of allylic oxidation sites excluding steroid dienone is 2. The van der Waals surface area contributed by atoms with E-state index in [1.54, 1.807) is 0 Å². The van der Waals surface area contributed by atoms with Gasteiger partial charge in [0, 0.05) is 6.42 Å². The molecule has 12 heavy (non-hydrogen) atoms.